The third kappa shape index (κ3) is 5.06. The molecule has 0 aliphatic carbocycles. The second-order valence-electron chi connectivity index (χ2n) is 6.47. The lowest BCUT2D eigenvalue weighted by Gasteiger charge is -2.29. The number of rotatable bonds is 5. The van der Waals surface area contributed by atoms with Crippen LogP contribution in [0.4, 0.5) is 11.4 Å². The van der Waals surface area contributed by atoms with Crippen molar-refractivity contribution in [2.75, 3.05) is 43.1 Å². The number of nitrogens with one attached hydrogen (secondary N) is 1. The molecule has 0 spiro atoms. The largest absolute Gasteiger partial charge is 0.484 e. The molecule has 0 bridgehead atoms. The van der Waals surface area contributed by atoms with Gasteiger partial charge in [-0.2, -0.15) is 0 Å². The molecule has 3 rings (SSSR count). The molecular formula is C20H22Cl2N2O3. The average molecular weight is 409 g/mol. The van der Waals surface area contributed by atoms with Crippen molar-refractivity contribution in [2.24, 2.45) is 0 Å². The van der Waals surface area contributed by atoms with Gasteiger partial charge in [-0.1, -0.05) is 23.2 Å². The first-order valence-electron chi connectivity index (χ1n) is 8.75. The number of carbonyl (C=O) groups excluding carboxylic acids is 1. The highest BCUT2D eigenvalue weighted by atomic mass is 35.5. The van der Waals surface area contributed by atoms with E-state index in [9.17, 15) is 4.79 Å². The lowest BCUT2D eigenvalue weighted by Crippen LogP contribution is -2.36. The normalized spacial score (nSPS) is 14.1. The fourth-order valence-electron chi connectivity index (χ4n) is 2.98. The first-order chi connectivity index (χ1) is 12.9. The van der Waals surface area contributed by atoms with Crippen LogP contribution in [-0.2, 0) is 9.53 Å². The van der Waals surface area contributed by atoms with Crippen molar-refractivity contribution >= 4 is 40.5 Å². The minimum atomic E-state index is -0.254. The molecule has 1 aliphatic rings. The highest BCUT2D eigenvalue weighted by Crippen LogP contribution is 2.29. The van der Waals surface area contributed by atoms with Gasteiger partial charge in [-0.05, 0) is 55.3 Å². The van der Waals surface area contributed by atoms with Gasteiger partial charge < -0.3 is 19.7 Å². The topological polar surface area (TPSA) is 50.8 Å². The van der Waals surface area contributed by atoms with E-state index in [1.807, 2.05) is 38.1 Å². The number of hydrogen-bond donors (Lipinski definition) is 1. The van der Waals surface area contributed by atoms with Gasteiger partial charge in [-0.25, -0.2) is 0 Å². The Bertz CT molecular complexity index is 813. The molecular weight excluding hydrogens is 387 g/mol. The third-order valence-electron chi connectivity index (χ3n) is 4.36. The highest BCUT2D eigenvalue weighted by molar-refractivity contribution is 6.33. The molecule has 7 heteroatoms. The van der Waals surface area contributed by atoms with Gasteiger partial charge >= 0.3 is 0 Å². The van der Waals surface area contributed by atoms with Gasteiger partial charge in [0.25, 0.3) is 5.91 Å². The van der Waals surface area contributed by atoms with Crippen LogP contribution in [0.2, 0.25) is 10.0 Å². The van der Waals surface area contributed by atoms with Gasteiger partial charge in [0, 0.05) is 23.8 Å². The molecule has 1 saturated heterocycles. The van der Waals surface area contributed by atoms with E-state index in [2.05, 4.69) is 10.2 Å². The predicted octanol–water partition coefficient (Wildman–Crippen LogP) is 4.46. The van der Waals surface area contributed by atoms with Gasteiger partial charge in [0.2, 0.25) is 0 Å². The molecule has 144 valence electrons. The first-order valence-corrected chi connectivity index (χ1v) is 9.51. The van der Waals surface area contributed by atoms with Crippen LogP contribution in [0.3, 0.4) is 0 Å². The second-order valence-corrected chi connectivity index (χ2v) is 7.26. The number of nitrogens with zero attached hydrogens (tertiary/aromatic N) is 1. The highest BCUT2D eigenvalue weighted by Gasteiger charge is 2.15. The SMILES string of the molecule is Cc1cc(OCC(=O)Nc2ccc(N3CCOCC3)c(Cl)c2)cc(C)c1Cl. The maximum Gasteiger partial charge on any atom is 0.262 e. The van der Waals surface area contributed by atoms with E-state index in [0.717, 1.165) is 29.9 Å². The summed E-state index contributed by atoms with van der Waals surface area (Å²) in [5, 5.41) is 4.11. The Hall–Kier alpha value is -1.95. The lowest BCUT2D eigenvalue weighted by molar-refractivity contribution is -0.118. The Morgan fingerprint density at radius 2 is 1.81 bits per heavy atom. The fourth-order valence-corrected chi connectivity index (χ4v) is 3.39. The van der Waals surface area contributed by atoms with E-state index in [4.69, 9.17) is 32.7 Å². The second kappa shape index (κ2) is 8.83. The number of hydrogen-bond acceptors (Lipinski definition) is 4. The van der Waals surface area contributed by atoms with Gasteiger partial charge in [0.15, 0.2) is 6.61 Å². The molecule has 1 aliphatic heterocycles. The molecule has 0 aromatic heterocycles. The van der Waals surface area contributed by atoms with E-state index in [1.165, 1.54) is 0 Å². The third-order valence-corrected chi connectivity index (χ3v) is 5.26. The van der Waals surface area contributed by atoms with Crippen LogP contribution in [0.15, 0.2) is 30.3 Å². The number of benzene rings is 2. The molecule has 0 radical (unpaired) electrons. The summed E-state index contributed by atoms with van der Waals surface area (Å²) in [5.74, 6) is 0.362. The van der Waals surface area contributed by atoms with Crippen LogP contribution in [0.25, 0.3) is 0 Å². The van der Waals surface area contributed by atoms with E-state index >= 15 is 0 Å². The van der Waals surface area contributed by atoms with E-state index in [1.54, 1.807) is 6.07 Å². The van der Waals surface area contributed by atoms with Crippen LogP contribution in [0, 0.1) is 13.8 Å². The van der Waals surface area contributed by atoms with Gasteiger partial charge in [-0.3, -0.25) is 4.79 Å². The Morgan fingerprint density at radius 1 is 1.15 bits per heavy atom. The summed E-state index contributed by atoms with van der Waals surface area (Å²) in [6.45, 7) is 6.70. The minimum absolute atomic E-state index is 0.0939. The van der Waals surface area contributed by atoms with Gasteiger partial charge in [0.1, 0.15) is 5.75 Å². The number of carbonyl (C=O) groups is 1. The van der Waals surface area contributed by atoms with Crippen LogP contribution in [0.1, 0.15) is 11.1 Å². The van der Waals surface area contributed by atoms with E-state index in [0.29, 0.717) is 34.7 Å². The summed E-state index contributed by atoms with van der Waals surface area (Å²) in [5.41, 5.74) is 3.41. The quantitative estimate of drug-likeness (QED) is 0.792. The maximum absolute atomic E-state index is 12.2. The van der Waals surface area contributed by atoms with Crippen molar-refractivity contribution in [1.29, 1.82) is 0 Å². The van der Waals surface area contributed by atoms with E-state index < -0.39 is 0 Å². The van der Waals surface area contributed by atoms with Crippen molar-refractivity contribution in [3.63, 3.8) is 0 Å². The van der Waals surface area contributed by atoms with Crippen LogP contribution in [-0.4, -0.2) is 38.8 Å². The smallest absolute Gasteiger partial charge is 0.262 e. The number of ether oxygens (including phenoxy) is 2. The number of aryl methyl sites for hydroxylation is 2. The fraction of sp³-hybridized carbons (Fsp3) is 0.350. The standard InChI is InChI=1S/C20H22Cl2N2O3/c1-13-9-16(10-14(2)20(13)22)27-12-19(25)23-15-3-4-18(17(21)11-15)24-5-7-26-8-6-24/h3-4,9-11H,5-8,12H2,1-2H3,(H,23,25). The molecule has 1 N–H and O–H groups in total. The Labute approximate surface area is 169 Å². The Balaban J connectivity index is 1.58. The predicted molar refractivity (Wildman–Crippen MR) is 110 cm³/mol. The van der Waals surface area contributed by atoms with Crippen LogP contribution in [0.5, 0.6) is 5.75 Å². The van der Waals surface area contributed by atoms with Crippen molar-refractivity contribution < 1.29 is 14.3 Å². The number of amides is 1. The number of morpholine rings is 1. The molecule has 27 heavy (non-hydrogen) atoms. The van der Waals surface area contributed by atoms with Crippen molar-refractivity contribution in [2.45, 2.75) is 13.8 Å². The monoisotopic (exact) mass is 408 g/mol. The maximum atomic E-state index is 12.2. The molecule has 5 nitrogen and oxygen atoms in total. The molecule has 2 aromatic carbocycles. The Kier molecular flexibility index (Phi) is 6.47. The van der Waals surface area contributed by atoms with Crippen molar-refractivity contribution in [1.82, 2.24) is 0 Å². The zero-order chi connectivity index (χ0) is 19.4. The summed E-state index contributed by atoms with van der Waals surface area (Å²) in [6, 6.07) is 9.13. The number of halogens is 2. The van der Waals surface area contributed by atoms with Crippen LogP contribution >= 0.6 is 23.2 Å². The Morgan fingerprint density at radius 3 is 2.44 bits per heavy atom. The summed E-state index contributed by atoms with van der Waals surface area (Å²) in [4.78, 5) is 14.4. The summed E-state index contributed by atoms with van der Waals surface area (Å²) in [6.07, 6.45) is 0. The average Bonchev–Trinajstić information content (AvgIpc) is 2.65. The lowest BCUT2D eigenvalue weighted by atomic mass is 10.1. The molecule has 1 amide bonds. The summed E-state index contributed by atoms with van der Waals surface area (Å²) >= 11 is 12.5. The molecule has 2 aromatic rings. The summed E-state index contributed by atoms with van der Waals surface area (Å²) < 4.78 is 10.9. The van der Waals surface area contributed by atoms with Crippen molar-refractivity contribution in [3.05, 3.63) is 51.5 Å². The minimum Gasteiger partial charge on any atom is -0.484 e. The zero-order valence-corrected chi connectivity index (χ0v) is 16.9. The van der Waals surface area contributed by atoms with Gasteiger partial charge in [0.05, 0.1) is 23.9 Å². The van der Waals surface area contributed by atoms with E-state index in [-0.39, 0.29) is 12.5 Å². The molecule has 0 atom stereocenters. The molecule has 0 unspecified atom stereocenters. The molecule has 0 saturated carbocycles. The van der Waals surface area contributed by atoms with Crippen molar-refractivity contribution in [3.8, 4) is 5.75 Å². The number of anilines is 2. The summed E-state index contributed by atoms with van der Waals surface area (Å²) in [7, 11) is 0. The molecule has 1 fully saturated rings. The first kappa shape index (κ1) is 19.8. The molecule has 1 heterocycles. The van der Waals surface area contributed by atoms with Gasteiger partial charge in [-0.15, -0.1) is 0 Å². The van der Waals surface area contributed by atoms with Crippen LogP contribution < -0.4 is 15.0 Å². The zero-order valence-electron chi connectivity index (χ0n) is 15.4.